The van der Waals surface area contributed by atoms with Gasteiger partial charge in [0, 0.05) is 11.4 Å². The summed E-state index contributed by atoms with van der Waals surface area (Å²) in [5.41, 5.74) is 4.07. The van der Waals surface area contributed by atoms with Crippen molar-refractivity contribution in [1.82, 2.24) is 0 Å². The van der Waals surface area contributed by atoms with Crippen molar-refractivity contribution < 1.29 is 0 Å². The molecule has 0 aromatic heterocycles. The zero-order chi connectivity index (χ0) is 14.7. The van der Waals surface area contributed by atoms with Gasteiger partial charge in [0.1, 0.15) is 0 Å². The summed E-state index contributed by atoms with van der Waals surface area (Å²) in [6.45, 7) is 17.1. The molecule has 0 aliphatic rings. The number of hydrogen-bond donors (Lipinski definition) is 0. The number of aliphatic imine (C=N–C) groups is 1. The molecule has 0 aromatic carbocycles. The lowest BCUT2D eigenvalue weighted by atomic mass is 10.1. The van der Waals surface area contributed by atoms with Gasteiger partial charge in [-0.1, -0.05) is 68.3 Å². The average molecular weight is 253 g/mol. The van der Waals surface area contributed by atoms with Crippen LogP contribution in [0.25, 0.3) is 0 Å². The number of nitrogens with zero attached hydrogens (tertiary/aromatic N) is 1. The molecule has 0 heterocycles. The van der Waals surface area contributed by atoms with Crippen LogP contribution >= 0.6 is 0 Å². The summed E-state index contributed by atoms with van der Waals surface area (Å²) in [6, 6.07) is 0. The Bertz CT molecular complexity index is 480. The van der Waals surface area contributed by atoms with E-state index in [1.807, 2.05) is 51.2 Å². The van der Waals surface area contributed by atoms with Gasteiger partial charge in [0.15, 0.2) is 0 Å². The molecule has 0 spiro atoms. The minimum absolute atomic E-state index is 0.946. The van der Waals surface area contributed by atoms with Crippen molar-refractivity contribution in [2.24, 2.45) is 4.99 Å². The fourth-order valence-corrected chi connectivity index (χ4v) is 1.33. The van der Waals surface area contributed by atoms with Gasteiger partial charge in [-0.15, -0.1) is 0 Å². The second-order valence-electron chi connectivity index (χ2n) is 4.01. The van der Waals surface area contributed by atoms with Crippen LogP contribution in [0.2, 0.25) is 0 Å². The minimum atomic E-state index is 0.946. The van der Waals surface area contributed by atoms with Crippen LogP contribution in [0, 0.1) is 0 Å². The molecule has 0 radical (unpaired) electrons. The molecule has 0 aliphatic heterocycles. The van der Waals surface area contributed by atoms with Gasteiger partial charge in [-0.05, 0) is 31.9 Å². The Morgan fingerprint density at radius 3 is 1.95 bits per heavy atom. The molecule has 1 nitrogen and oxygen atoms in total. The van der Waals surface area contributed by atoms with Gasteiger partial charge in [-0.2, -0.15) is 0 Å². The molecule has 0 atom stereocenters. The number of allylic oxidation sites excluding steroid dienone is 11. The summed E-state index contributed by atoms with van der Waals surface area (Å²) in [4.78, 5) is 4.61. The second kappa shape index (κ2) is 9.84. The molecule has 0 bridgehead atoms. The predicted octanol–water partition coefficient (Wildman–Crippen LogP) is 5.34. The van der Waals surface area contributed by atoms with E-state index in [4.69, 9.17) is 0 Å². The van der Waals surface area contributed by atoms with Crippen molar-refractivity contribution in [2.45, 2.75) is 20.8 Å². The zero-order valence-corrected chi connectivity index (χ0v) is 12.2. The average Bonchev–Trinajstić information content (AvgIpc) is 2.40. The van der Waals surface area contributed by atoms with E-state index >= 15 is 0 Å². The van der Waals surface area contributed by atoms with Crippen LogP contribution in [0.4, 0.5) is 0 Å². The summed E-state index contributed by atoms with van der Waals surface area (Å²) in [5.74, 6) is 0. The molecule has 0 unspecified atom stereocenters. The monoisotopic (exact) mass is 253 g/mol. The normalized spacial score (nSPS) is 14.7. The van der Waals surface area contributed by atoms with Gasteiger partial charge in [-0.25, -0.2) is 0 Å². The third-order valence-corrected chi connectivity index (χ3v) is 2.52. The maximum atomic E-state index is 4.61. The SMILES string of the molecule is C=C\C=C/C(=C\C=C)C(/C)=N/C(C)=C(C)/C=C\C=C. The molecule has 0 aliphatic carbocycles. The molecule has 0 rings (SSSR count). The molecule has 0 aromatic rings. The lowest BCUT2D eigenvalue weighted by Crippen LogP contribution is -1.95. The third kappa shape index (κ3) is 6.99. The van der Waals surface area contributed by atoms with E-state index in [0.717, 1.165) is 22.6 Å². The van der Waals surface area contributed by atoms with Crippen LogP contribution in [0.15, 0.2) is 90.2 Å². The molecule has 100 valence electrons. The van der Waals surface area contributed by atoms with E-state index in [2.05, 4.69) is 24.7 Å². The molecule has 19 heavy (non-hydrogen) atoms. The van der Waals surface area contributed by atoms with E-state index in [1.54, 1.807) is 18.2 Å². The number of rotatable bonds is 7. The van der Waals surface area contributed by atoms with Crippen LogP contribution in [-0.4, -0.2) is 5.71 Å². The predicted molar refractivity (Wildman–Crippen MR) is 88.4 cm³/mol. The molecular formula is C18H23N. The molecule has 1 heteroatoms. The van der Waals surface area contributed by atoms with Crippen LogP contribution in [0.1, 0.15) is 20.8 Å². The first-order valence-electron chi connectivity index (χ1n) is 6.20. The topological polar surface area (TPSA) is 12.4 Å². The van der Waals surface area contributed by atoms with Crippen molar-refractivity contribution in [3.05, 3.63) is 85.2 Å². The maximum absolute atomic E-state index is 4.61. The molecule has 0 saturated carbocycles. The fourth-order valence-electron chi connectivity index (χ4n) is 1.33. The van der Waals surface area contributed by atoms with Gasteiger partial charge in [0.25, 0.3) is 0 Å². The minimum Gasteiger partial charge on any atom is -0.258 e. The maximum Gasteiger partial charge on any atom is 0.0448 e. The van der Waals surface area contributed by atoms with Crippen LogP contribution in [0.5, 0.6) is 0 Å². The molecule has 0 amide bonds. The highest BCUT2D eigenvalue weighted by Crippen LogP contribution is 2.10. The van der Waals surface area contributed by atoms with E-state index in [9.17, 15) is 0 Å². The van der Waals surface area contributed by atoms with E-state index in [-0.39, 0.29) is 0 Å². The summed E-state index contributed by atoms with van der Waals surface area (Å²) >= 11 is 0. The Morgan fingerprint density at radius 1 is 0.842 bits per heavy atom. The van der Waals surface area contributed by atoms with Crippen molar-refractivity contribution in [1.29, 1.82) is 0 Å². The standard InChI is InChI=1S/C18H23N/c1-7-10-13-15(4)16(5)19-17(6)18(12-9-3)14-11-8-2/h7-14H,1-3H2,4-6H3/b13-10-,14-11-,16-15+,18-12+,19-17+. The highest BCUT2D eigenvalue weighted by molar-refractivity contribution is 6.01. The Labute approximate surface area is 117 Å². The molecular weight excluding hydrogens is 230 g/mol. The highest BCUT2D eigenvalue weighted by atomic mass is 14.7. The van der Waals surface area contributed by atoms with Gasteiger partial charge in [-0.3, -0.25) is 4.99 Å². The summed E-state index contributed by atoms with van der Waals surface area (Å²) < 4.78 is 0. The lowest BCUT2D eigenvalue weighted by molar-refractivity contribution is 1.23. The lowest BCUT2D eigenvalue weighted by Gasteiger charge is -2.03. The first-order valence-corrected chi connectivity index (χ1v) is 6.20. The van der Waals surface area contributed by atoms with Crippen molar-refractivity contribution >= 4 is 5.71 Å². The van der Waals surface area contributed by atoms with Crippen LogP contribution in [0.3, 0.4) is 0 Å². The van der Waals surface area contributed by atoms with E-state index in [0.29, 0.717) is 0 Å². The summed E-state index contributed by atoms with van der Waals surface area (Å²) in [7, 11) is 0. The van der Waals surface area contributed by atoms with Crippen LogP contribution in [-0.2, 0) is 0 Å². The Balaban J connectivity index is 5.35. The quantitative estimate of drug-likeness (QED) is 0.429. The first kappa shape index (κ1) is 16.9. The molecule has 0 fully saturated rings. The Morgan fingerprint density at radius 2 is 1.42 bits per heavy atom. The fraction of sp³-hybridized carbons (Fsp3) is 0.167. The molecule has 0 N–H and O–H groups in total. The largest absolute Gasteiger partial charge is 0.258 e. The van der Waals surface area contributed by atoms with Gasteiger partial charge in [0.05, 0.1) is 0 Å². The third-order valence-electron chi connectivity index (χ3n) is 2.52. The van der Waals surface area contributed by atoms with Crippen molar-refractivity contribution in [3.63, 3.8) is 0 Å². The van der Waals surface area contributed by atoms with Crippen molar-refractivity contribution in [2.75, 3.05) is 0 Å². The smallest absolute Gasteiger partial charge is 0.0448 e. The first-order chi connectivity index (χ1) is 9.06. The van der Waals surface area contributed by atoms with E-state index in [1.165, 1.54) is 0 Å². The Kier molecular flexibility index (Phi) is 8.72. The van der Waals surface area contributed by atoms with Gasteiger partial charge in [0.2, 0.25) is 0 Å². The van der Waals surface area contributed by atoms with Gasteiger partial charge >= 0.3 is 0 Å². The Hall–Kier alpha value is -2.15. The highest BCUT2D eigenvalue weighted by Gasteiger charge is 1.98. The van der Waals surface area contributed by atoms with E-state index < -0.39 is 0 Å². The summed E-state index contributed by atoms with van der Waals surface area (Å²) in [5, 5.41) is 0. The number of hydrogen-bond acceptors (Lipinski definition) is 1. The van der Waals surface area contributed by atoms with Crippen LogP contribution < -0.4 is 0 Å². The van der Waals surface area contributed by atoms with Gasteiger partial charge < -0.3 is 0 Å². The molecule has 0 saturated heterocycles. The second-order valence-corrected chi connectivity index (χ2v) is 4.01. The van der Waals surface area contributed by atoms with Crippen molar-refractivity contribution in [3.8, 4) is 0 Å². The zero-order valence-electron chi connectivity index (χ0n) is 12.2. The summed E-state index contributed by atoms with van der Waals surface area (Å²) in [6.07, 6.45) is 14.9.